The van der Waals surface area contributed by atoms with Crippen LogP contribution < -0.4 is 10.2 Å². The quantitative estimate of drug-likeness (QED) is 0.601. The molecule has 3 atom stereocenters. The summed E-state index contributed by atoms with van der Waals surface area (Å²) >= 11 is 5.95. The van der Waals surface area contributed by atoms with Gasteiger partial charge in [0.15, 0.2) is 0 Å². The Morgan fingerprint density at radius 1 is 1.26 bits per heavy atom. The average Bonchev–Trinajstić information content (AvgIpc) is 3.35. The monoisotopic (exact) mass is 442 g/mol. The van der Waals surface area contributed by atoms with Crippen LogP contribution in [0.15, 0.2) is 42.7 Å². The van der Waals surface area contributed by atoms with Gasteiger partial charge in [-0.3, -0.25) is 4.90 Å². The Balaban J connectivity index is 1.54. The Morgan fingerprint density at radius 2 is 2.00 bits per heavy atom. The molecule has 3 aromatic rings. The number of carbonyl (C=O) groups is 1. The summed E-state index contributed by atoms with van der Waals surface area (Å²) in [6, 6.07) is 8.45. The molecular weight excluding hydrogens is 420 g/mol. The van der Waals surface area contributed by atoms with E-state index in [2.05, 4.69) is 20.4 Å². The molecule has 4 rings (SSSR count). The zero-order valence-corrected chi connectivity index (χ0v) is 18.1. The van der Waals surface area contributed by atoms with Crippen molar-refractivity contribution in [1.82, 2.24) is 19.7 Å². The van der Waals surface area contributed by atoms with Gasteiger partial charge in [0, 0.05) is 28.5 Å². The van der Waals surface area contributed by atoms with Gasteiger partial charge in [-0.1, -0.05) is 11.6 Å². The highest BCUT2D eigenvalue weighted by molar-refractivity contribution is 6.30. The van der Waals surface area contributed by atoms with Crippen molar-refractivity contribution in [3.8, 4) is 5.69 Å². The third-order valence-corrected chi connectivity index (χ3v) is 5.34. The normalized spacial score (nSPS) is 18.0. The van der Waals surface area contributed by atoms with Gasteiger partial charge in [-0.15, -0.1) is 0 Å². The molecule has 0 radical (unpaired) electrons. The lowest BCUT2D eigenvalue weighted by molar-refractivity contribution is 0.142. The van der Waals surface area contributed by atoms with Gasteiger partial charge in [0.25, 0.3) is 0 Å². The van der Waals surface area contributed by atoms with Crippen LogP contribution in [-0.4, -0.2) is 49.7 Å². The van der Waals surface area contributed by atoms with Crippen molar-refractivity contribution in [2.24, 2.45) is 0 Å². The smallest absolute Gasteiger partial charge is 0.416 e. The molecule has 2 N–H and O–H groups in total. The van der Waals surface area contributed by atoms with Gasteiger partial charge in [-0.2, -0.15) is 10.1 Å². The molecule has 10 heteroatoms. The van der Waals surface area contributed by atoms with E-state index in [0.29, 0.717) is 22.5 Å². The van der Waals surface area contributed by atoms with Crippen molar-refractivity contribution in [2.45, 2.75) is 39.0 Å². The molecule has 3 heterocycles. The third kappa shape index (κ3) is 4.47. The van der Waals surface area contributed by atoms with Crippen LogP contribution in [0.5, 0.6) is 0 Å². The molecule has 1 unspecified atom stereocenters. The third-order valence-electron chi connectivity index (χ3n) is 5.09. The fraction of sp³-hybridized carbons (Fsp3) is 0.333. The van der Waals surface area contributed by atoms with Crippen LogP contribution >= 0.6 is 11.6 Å². The number of cyclic esters (lactones) is 1. The maximum Gasteiger partial charge on any atom is 0.416 e. The predicted octanol–water partition coefficient (Wildman–Crippen LogP) is 3.50. The first kappa shape index (κ1) is 21.1. The lowest BCUT2D eigenvalue weighted by Crippen LogP contribution is -2.41. The molecule has 1 aliphatic heterocycles. The number of aliphatic hydroxyl groups excluding tert-OH is 1. The van der Waals surface area contributed by atoms with Crippen LogP contribution in [0.3, 0.4) is 0 Å². The molecule has 1 aliphatic rings. The Kier molecular flexibility index (Phi) is 5.79. The number of anilines is 2. The zero-order valence-electron chi connectivity index (χ0n) is 17.4. The summed E-state index contributed by atoms with van der Waals surface area (Å²) in [5.74, 6) is 0.748. The highest BCUT2D eigenvalue weighted by Crippen LogP contribution is 2.26. The van der Waals surface area contributed by atoms with Crippen molar-refractivity contribution in [1.29, 1.82) is 0 Å². The molecule has 0 saturated carbocycles. The van der Waals surface area contributed by atoms with E-state index in [1.165, 1.54) is 4.90 Å². The van der Waals surface area contributed by atoms with Crippen molar-refractivity contribution in [3.05, 3.63) is 59.0 Å². The topological polar surface area (TPSA) is 105 Å². The number of nitrogens with zero attached hydrogens (tertiary/aromatic N) is 5. The standard InChI is InChI=1S/C21H23ClN6O3/c1-12-8-19(28-18(14(3)29)11-31-21(28)30)26-20(24-12)25-13(2)15-9-23-27(10-15)17-6-4-16(22)5-7-17/h4-10,13-14,18,29H,11H2,1-3H3,(H,24,25,26)/t13-,14+,18?/m0/s1. The summed E-state index contributed by atoms with van der Waals surface area (Å²) in [6.45, 7) is 5.52. The zero-order chi connectivity index (χ0) is 22.1. The highest BCUT2D eigenvalue weighted by atomic mass is 35.5. The summed E-state index contributed by atoms with van der Waals surface area (Å²) in [4.78, 5) is 22.5. The Morgan fingerprint density at radius 3 is 2.71 bits per heavy atom. The second-order valence-corrected chi connectivity index (χ2v) is 7.94. The Bertz CT molecular complexity index is 1080. The van der Waals surface area contributed by atoms with E-state index in [-0.39, 0.29) is 12.6 Å². The number of hydrogen-bond donors (Lipinski definition) is 2. The maximum absolute atomic E-state index is 12.2. The molecule has 162 valence electrons. The number of hydrogen-bond acceptors (Lipinski definition) is 7. The minimum Gasteiger partial charge on any atom is -0.447 e. The highest BCUT2D eigenvalue weighted by Gasteiger charge is 2.38. The first-order valence-electron chi connectivity index (χ1n) is 9.88. The minimum absolute atomic E-state index is 0.114. The van der Waals surface area contributed by atoms with E-state index >= 15 is 0 Å². The second-order valence-electron chi connectivity index (χ2n) is 7.51. The number of aromatic nitrogens is 4. The molecule has 0 aliphatic carbocycles. The number of halogens is 1. The van der Waals surface area contributed by atoms with Crippen molar-refractivity contribution in [3.63, 3.8) is 0 Å². The van der Waals surface area contributed by atoms with Crippen LogP contribution in [0.1, 0.15) is 31.1 Å². The van der Waals surface area contributed by atoms with E-state index in [1.54, 1.807) is 23.9 Å². The fourth-order valence-electron chi connectivity index (χ4n) is 3.37. The second kappa shape index (κ2) is 8.52. The van der Waals surface area contributed by atoms with Crippen LogP contribution in [-0.2, 0) is 4.74 Å². The number of aryl methyl sites for hydroxylation is 1. The van der Waals surface area contributed by atoms with Gasteiger partial charge in [0.05, 0.1) is 24.0 Å². The van der Waals surface area contributed by atoms with E-state index in [4.69, 9.17) is 16.3 Å². The summed E-state index contributed by atoms with van der Waals surface area (Å²) in [6.07, 6.45) is 2.39. The number of nitrogens with one attached hydrogen (secondary N) is 1. The lowest BCUT2D eigenvalue weighted by atomic mass is 10.2. The molecule has 0 bridgehead atoms. The van der Waals surface area contributed by atoms with Crippen molar-refractivity contribution >= 4 is 29.5 Å². The van der Waals surface area contributed by atoms with Crippen LogP contribution in [0.4, 0.5) is 16.6 Å². The molecule has 0 spiro atoms. The van der Waals surface area contributed by atoms with Crippen molar-refractivity contribution in [2.75, 3.05) is 16.8 Å². The Labute approximate surface area is 184 Å². The maximum atomic E-state index is 12.2. The minimum atomic E-state index is -0.754. The number of carbonyl (C=O) groups excluding carboxylic acids is 1. The van der Waals surface area contributed by atoms with E-state index in [9.17, 15) is 9.90 Å². The number of aliphatic hydroxyl groups is 1. The number of ether oxygens (including phenoxy) is 1. The van der Waals surface area contributed by atoms with Gasteiger partial charge in [0.1, 0.15) is 18.5 Å². The number of rotatable bonds is 6. The molecule has 2 aromatic heterocycles. The predicted molar refractivity (Wildman–Crippen MR) is 117 cm³/mol. The first-order chi connectivity index (χ1) is 14.8. The van der Waals surface area contributed by atoms with E-state index in [0.717, 1.165) is 11.3 Å². The van der Waals surface area contributed by atoms with Crippen LogP contribution in [0.2, 0.25) is 5.02 Å². The molecule has 1 fully saturated rings. The van der Waals surface area contributed by atoms with Gasteiger partial charge in [-0.05, 0) is 45.0 Å². The summed E-state index contributed by atoms with van der Waals surface area (Å²) < 4.78 is 6.87. The van der Waals surface area contributed by atoms with Gasteiger partial charge in [-0.25, -0.2) is 14.5 Å². The van der Waals surface area contributed by atoms with E-state index in [1.807, 2.05) is 44.3 Å². The summed E-state index contributed by atoms with van der Waals surface area (Å²) in [7, 11) is 0. The summed E-state index contributed by atoms with van der Waals surface area (Å²) in [5.41, 5.74) is 2.51. The number of benzene rings is 1. The Hall–Kier alpha value is -3.17. The molecule has 1 saturated heterocycles. The van der Waals surface area contributed by atoms with E-state index < -0.39 is 18.2 Å². The largest absolute Gasteiger partial charge is 0.447 e. The lowest BCUT2D eigenvalue weighted by Gasteiger charge is -2.23. The first-order valence-corrected chi connectivity index (χ1v) is 10.3. The van der Waals surface area contributed by atoms with Gasteiger partial charge in [0.2, 0.25) is 5.95 Å². The molecular formula is C21H23ClN6O3. The van der Waals surface area contributed by atoms with Gasteiger partial charge >= 0.3 is 6.09 Å². The molecule has 31 heavy (non-hydrogen) atoms. The molecule has 9 nitrogen and oxygen atoms in total. The summed E-state index contributed by atoms with van der Waals surface area (Å²) in [5, 5.41) is 18.3. The SMILES string of the molecule is Cc1cc(N2C(=O)OCC2[C@@H](C)O)nc(N[C@@H](C)c2cnn(-c3ccc(Cl)cc3)c2)n1. The van der Waals surface area contributed by atoms with Crippen molar-refractivity contribution < 1.29 is 14.6 Å². The fourth-order valence-corrected chi connectivity index (χ4v) is 3.49. The van der Waals surface area contributed by atoms with Crippen LogP contribution in [0, 0.1) is 6.92 Å². The average molecular weight is 443 g/mol. The molecule has 1 aromatic carbocycles. The van der Waals surface area contributed by atoms with Crippen LogP contribution in [0.25, 0.3) is 5.69 Å². The van der Waals surface area contributed by atoms with Gasteiger partial charge < -0.3 is 15.2 Å². The number of amides is 1. The molecule has 1 amide bonds.